The second-order valence-corrected chi connectivity index (χ2v) is 5.32. The maximum atomic E-state index is 13.1. The van der Waals surface area contributed by atoms with Crippen LogP contribution in [0.4, 0.5) is 8.78 Å². The molecule has 10 heteroatoms. The fraction of sp³-hybridized carbons (Fsp3) is 0.438. The van der Waals surface area contributed by atoms with E-state index in [1.165, 1.54) is 12.4 Å². The molecule has 0 radical (unpaired) electrons. The second kappa shape index (κ2) is 10.9. The average molecular weight is 480 g/mol. The van der Waals surface area contributed by atoms with E-state index in [4.69, 9.17) is 4.74 Å². The van der Waals surface area contributed by atoms with Crippen molar-refractivity contribution in [3.05, 3.63) is 42.0 Å². The van der Waals surface area contributed by atoms with E-state index in [1.807, 2.05) is 25.9 Å². The summed E-state index contributed by atoms with van der Waals surface area (Å²) in [6.07, 6.45) is 1.50. The van der Waals surface area contributed by atoms with Crippen molar-refractivity contribution in [3.8, 4) is 5.75 Å². The zero-order valence-corrected chi connectivity index (χ0v) is 17.3. The molecule has 2 aromatic rings. The van der Waals surface area contributed by atoms with Crippen molar-refractivity contribution in [2.45, 2.75) is 13.5 Å². The zero-order chi connectivity index (χ0) is 18.2. The van der Waals surface area contributed by atoms with Crippen LogP contribution in [-0.2, 0) is 13.6 Å². The molecule has 0 atom stereocenters. The molecular formula is C16H23F2IN6O. The molecule has 0 unspecified atom stereocenters. The summed E-state index contributed by atoms with van der Waals surface area (Å²) in [7, 11) is 3.72. The van der Waals surface area contributed by atoms with Gasteiger partial charge in [0.05, 0.1) is 13.1 Å². The average Bonchev–Trinajstić information content (AvgIpc) is 2.98. The lowest BCUT2D eigenvalue weighted by molar-refractivity contribution is 0.324. The summed E-state index contributed by atoms with van der Waals surface area (Å²) in [6.45, 7) is 3.85. The summed E-state index contributed by atoms with van der Waals surface area (Å²) >= 11 is 0. The number of nitrogens with one attached hydrogen (secondary N) is 1. The molecule has 0 spiro atoms. The van der Waals surface area contributed by atoms with Crippen molar-refractivity contribution in [2.75, 3.05) is 26.7 Å². The number of hydrogen-bond donors (Lipinski definition) is 1. The predicted octanol–water partition coefficient (Wildman–Crippen LogP) is 2.19. The highest BCUT2D eigenvalue weighted by molar-refractivity contribution is 14.0. The largest absolute Gasteiger partial charge is 0.492 e. The molecule has 0 saturated carbocycles. The number of benzene rings is 1. The third-order valence-electron chi connectivity index (χ3n) is 3.39. The van der Waals surface area contributed by atoms with Crippen LogP contribution in [0.25, 0.3) is 0 Å². The summed E-state index contributed by atoms with van der Waals surface area (Å²) in [5, 5.41) is 7.22. The van der Waals surface area contributed by atoms with E-state index in [9.17, 15) is 8.78 Å². The highest BCUT2D eigenvalue weighted by Gasteiger charge is 2.10. The van der Waals surface area contributed by atoms with Crippen molar-refractivity contribution in [2.24, 2.45) is 12.0 Å². The Morgan fingerprint density at radius 1 is 1.35 bits per heavy atom. The lowest BCUT2D eigenvalue weighted by Crippen LogP contribution is -2.39. The van der Waals surface area contributed by atoms with Gasteiger partial charge in [0, 0.05) is 26.7 Å². The van der Waals surface area contributed by atoms with Crippen molar-refractivity contribution >= 4 is 29.9 Å². The summed E-state index contributed by atoms with van der Waals surface area (Å²) < 4.78 is 33.1. The number of aliphatic imine (C=N–C) groups is 1. The van der Waals surface area contributed by atoms with E-state index in [2.05, 4.69) is 20.4 Å². The summed E-state index contributed by atoms with van der Waals surface area (Å²) in [4.78, 5) is 10.6. The summed E-state index contributed by atoms with van der Waals surface area (Å²) in [5.41, 5.74) is 0. The molecule has 0 fully saturated rings. The number of aromatic nitrogens is 3. The SMILES string of the molecule is CCNC(=NCCOc1ccc(F)c(F)c1)N(C)Cc1ncnn1C.I. The van der Waals surface area contributed by atoms with Crippen LogP contribution in [0.1, 0.15) is 12.7 Å². The van der Waals surface area contributed by atoms with Crippen LogP contribution < -0.4 is 10.1 Å². The zero-order valence-electron chi connectivity index (χ0n) is 14.9. The van der Waals surface area contributed by atoms with Crippen LogP contribution in [0.2, 0.25) is 0 Å². The van der Waals surface area contributed by atoms with Crippen LogP contribution in [0.3, 0.4) is 0 Å². The number of aryl methyl sites for hydroxylation is 1. The Kier molecular flexibility index (Phi) is 9.24. The molecule has 144 valence electrons. The molecule has 0 aliphatic carbocycles. The Bertz CT molecular complexity index is 725. The van der Waals surface area contributed by atoms with E-state index in [0.717, 1.165) is 18.0 Å². The minimum absolute atomic E-state index is 0. The van der Waals surface area contributed by atoms with Crippen molar-refractivity contribution < 1.29 is 13.5 Å². The van der Waals surface area contributed by atoms with E-state index in [-0.39, 0.29) is 36.3 Å². The van der Waals surface area contributed by atoms with Gasteiger partial charge in [0.15, 0.2) is 17.6 Å². The molecule has 1 aromatic carbocycles. The molecule has 2 rings (SSSR count). The Morgan fingerprint density at radius 3 is 2.73 bits per heavy atom. The van der Waals surface area contributed by atoms with Crippen LogP contribution in [0.15, 0.2) is 29.5 Å². The minimum Gasteiger partial charge on any atom is -0.492 e. The highest BCUT2D eigenvalue weighted by atomic mass is 127. The van der Waals surface area contributed by atoms with E-state index in [0.29, 0.717) is 25.6 Å². The van der Waals surface area contributed by atoms with Crippen LogP contribution in [0.5, 0.6) is 5.75 Å². The quantitative estimate of drug-likeness (QED) is 0.285. The number of ether oxygens (including phenoxy) is 1. The van der Waals surface area contributed by atoms with Gasteiger partial charge in [0.2, 0.25) is 0 Å². The number of hydrogen-bond acceptors (Lipinski definition) is 4. The minimum atomic E-state index is -0.933. The van der Waals surface area contributed by atoms with Crippen molar-refractivity contribution in [1.82, 2.24) is 25.0 Å². The van der Waals surface area contributed by atoms with E-state index >= 15 is 0 Å². The van der Waals surface area contributed by atoms with Gasteiger partial charge in [-0.3, -0.25) is 4.68 Å². The van der Waals surface area contributed by atoms with Crippen LogP contribution in [0, 0.1) is 11.6 Å². The first-order valence-corrected chi connectivity index (χ1v) is 7.91. The van der Waals surface area contributed by atoms with E-state index in [1.54, 1.807) is 4.68 Å². The van der Waals surface area contributed by atoms with Gasteiger partial charge in [-0.25, -0.2) is 18.8 Å². The number of guanidine groups is 1. The molecule has 0 bridgehead atoms. The number of rotatable bonds is 7. The molecule has 7 nitrogen and oxygen atoms in total. The summed E-state index contributed by atoms with van der Waals surface area (Å²) in [6, 6.07) is 3.44. The van der Waals surface area contributed by atoms with Gasteiger partial charge in [-0.15, -0.1) is 24.0 Å². The standard InChI is InChI=1S/C16H22F2N6O.HI/c1-4-19-16(23(2)10-15-21-11-22-24(15)3)20-7-8-25-12-5-6-13(17)14(18)9-12;/h5-6,9,11H,4,7-8,10H2,1-3H3,(H,19,20);1H. The van der Waals surface area contributed by atoms with Gasteiger partial charge in [-0.2, -0.15) is 5.10 Å². The number of nitrogens with zero attached hydrogens (tertiary/aromatic N) is 5. The molecule has 1 N–H and O–H groups in total. The van der Waals surface area contributed by atoms with Gasteiger partial charge >= 0.3 is 0 Å². The molecule has 1 aromatic heterocycles. The normalized spacial score (nSPS) is 11.0. The Morgan fingerprint density at radius 2 is 2.12 bits per heavy atom. The van der Waals surface area contributed by atoms with Crippen LogP contribution >= 0.6 is 24.0 Å². The Hall–Kier alpha value is -1.98. The fourth-order valence-electron chi connectivity index (χ4n) is 2.10. The van der Waals surface area contributed by atoms with E-state index < -0.39 is 11.6 Å². The van der Waals surface area contributed by atoms with Gasteiger partial charge in [-0.05, 0) is 19.1 Å². The molecule has 0 saturated heterocycles. The lowest BCUT2D eigenvalue weighted by Gasteiger charge is -2.21. The highest BCUT2D eigenvalue weighted by Crippen LogP contribution is 2.15. The predicted molar refractivity (Wildman–Crippen MR) is 106 cm³/mol. The van der Waals surface area contributed by atoms with Gasteiger partial charge in [0.25, 0.3) is 0 Å². The lowest BCUT2D eigenvalue weighted by atomic mass is 10.3. The van der Waals surface area contributed by atoms with Gasteiger partial charge < -0.3 is 15.0 Å². The molecule has 0 aliphatic heterocycles. The molecule has 26 heavy (non-hydrogen) atoms. The molecule has 1 heterocycles. The third-order valence-corrected chi connectivity index (χ3v) is 3.39. The number of halogens is 3. The maximum Gasteiger partial charge on any atom is 0.194 e. The maximum absolute atomic E-state index is 13.1. The monoisotopic (exact) mass is 480 g/mol. The summed E-state index contributed by atoms with van der Waals surface area (Å²) in [5.74, 6) is -0.0555. The van der Waals surface area contributed by atoms with Gasteiger partial charge in [0.1, 0.15) is 24.5 Å². The smallest absolute Gasteiger partial charge is 0.194 e. The Labute approximate surface area is 168 Å². The van der Waals surface area contributed by atoms with Gasteiger partial charge in [-0.1, -0.05) is 0 Å². The topological polar surface area (TPSA) is 67.6 Å². The Balaban J connectivity index is 0.00000338. The van der Waals surface area contributed by atoms with Crippen molar-refractivity contribution in [1.29, 1.82) is 0 Å². The molecule has 0 aliphatic rings. The molecule has 0 amide bonds. The first-order chi connectivity index (χ1) is 12.0. The molecular weight excluding hydrogens is 457 g/mol. The van der Waals surface area contributed by atoms with Crippen molar-refractivity contribution in [3.63, 3.8) is 0 Å². The second-order valence-electron chi connectivity index (χ2n) is 5.32. The first kappa shape index (κ1) is 22.1. The fourth-order valence-corrected chi connectivity index (χ4v) is 2.10. The third kappa shape index (κ3) is 6.39. The first-order valence-electron chi connectivity index (χ1n) is 7.91. The van der Waals surface area contributed by atoms with Crippen LogP contribution in [-0.4, -0.2) is 52.4 Å².